The minimum absolute atomic E-state index is 0.0508. The highest BCUT2D eigenvalue weighted by Gasteiger charge is 2.29. The number of carbonyl (C=O) groups is 1. The Hall–Kier alpha value is -5.01. The molecule has 0 aliphatic heterocycles. The summed E-state index contributed by atoms with van der Waals surface area (Å²) < 4.78 is 30.0. The Morgan fingerprint density at radius 3 is 2.65 bits per heavy atom. The summed E-state index contributed by atoms with van der Waals surface area (Å²) >= 11 is 6.30. The molecular formula is C26H19ClN6O6S. The van der Waals surface area contributed by atoms with E-state index in [4.69, 9.17) is 17.3 Å². The zero-order valence-electron chi connectivity index (χ0n) is 20.4. The molecule has 14 heteroatoms. The number of hydrogen-bond acceptors (Lipinski definition) is 8. The number of nitrogens with one attached hydrogen (secondary N) is 2. The first-order valence-electron chi connectivity index (χ1n) is 11.6. The van der Waals surface area contributed by atoms with Gasteiger partial charge in [0, 0.05) is 58.1 Å². The van der Waals surface area contributed by atoms with E-state index in [1.807, 2.05) is 4.72 Å². The van der Waals surface area contributed by atoms with Crippen molar-refractivity contribution in [3.05, 3.63) is 116 Å². The Labute approximate surface area is 231 Å². The van der Waals surface area contributed by atoms with Crippen LogP contribution in [0.15, 0.2) is 88.8 Å². The molecule has 5 aromatic rings. The normalized spacial score (nSPS) is 11.4. The van der Waals surface area contributed by atoms with Crippen molar-refractivity contribution < 1.29 is 18.1 Å². The Morgan fingerprint density at radius 2 is 1.93 bits per heavy atom. The number of sulfonamides is 1. The second kappa shape index (κ2) is 10.3. The molecule has 0 bridgehead atoms. The summed E-state index contributed by atoms with van der Waals surface area (Å²) in [4.78, 5) is 43.3. The third-order valence-corrected chi connectivity index (χ3v) is 7.64. The van der Waals surface area contributed by atoms with Crippen molar-refractivity contribution in [1.82, 2.24) is 19.3 Å². The summed E-state index contributed by atoms with van der Waals surface area (Å²) in [5.41, 5.74) is 6.07. The van der Waals surface area contributed by atoms with Gasteiger partial charge in [-0.25, -0.2) is 18.1 Å². The van der Waals surface area contributed by atoms with Gasteiger partial charge in [0.15, 0.2) is 0 Å². The summed E-state index contributed by atoms with van der Waals surface area (Å²) in [6.45, 7) is 0.0508. The highest BCUT2D eigenvalue weighted by molar-refractivity contribution is 7.90. The lowest BCUT2D eigenvalue weighted by Gasteiger charge is -2.13. The molecule has 1 amide bonds. The number of non-ortho nitro benzene ring substituents is 1. The summed E-state index contributed by atoms with van der Waals surface area (Å²) in [6, 6.07) is 15.4. The molecule has 2 aromatic carbocycles. The Kier molecular flexibility index (Phi) is 6.83. The predicted molar refractivity (Wildman–Crippen MR) is 149 cm³/mol. The number of H-pyrrole nitrogens is 1. The number of nitrogens with zero attached hydrogens (tertiary/aromatic N) is 3. The fourth-order valence-electron chi connectivity index (χ4n) is 4.39. The van der Waals surface area contributed by atoms with Crippen molar-refractivity contribution in [2.45, 2.75) is 11.4 Å². The first-order valence-corrected chi connectivity index (χ1v) is 13.4. The van der Waals surface area contributed by atoms with Crippen LogP contribution in [0.5, 0.6) is 0 Å². The van der Waals surface area contributed by atoms with Crippen LogP contribution < -0.4 is 16.0 Å². The molecule has 0 atom stereocenters. The third-order valence-electron chi connectivity index (χ3n) is 6.08. The molecule has 0 saturated carbocycles. The monoisotopic (exact) mass is 578 g/mol. The number of aromatic nitrogens is 3. The number of anilines is 1. The minimum atomic E-state index is -4.57. The van der Waals surface area contributed by atoms with Gasteiger partial charge in [-0.3, -0.25) is 19.7 Å². The molecule has 0 saturated heterocycles. The number of pyridine rings is 2. The fraction of sp³-hybridized carbons (Fsp3) is 0.0385. The van der Waals surface area contributed by atoms with Gasteiger partial charge in [-0.05, 0) is 54.1 Å². The molecular weight excluding hydrogens is 560 g/mol. The van der Waals surface area contributed by atoms with Crippen molar-refractivity contribution in [2.75, 3.05) is 5.73 Å². The largest absolute Gasteiger partial charge is 0.384 e. The van der Waals surface area contributed by atoms with Crippen LogP contribution in [0.1, 0.15) is 16.1 Å². The van der Waals surface area contributed by atoms with E-state index in [0.717, 1.165) is 18.2 Å². The van der Waals surface area contributed by atoms with Crippen LogP contribution in [0.4, 0.5) is 11.5 Å². The predicted octanol–water partition coefficient (Wildman–Crippen LogP) is 3.70. The molecule has 0 spiro atoms. The van der Waals surface area contributed by atoms with Crippen molar-refractivity contribution in [3.8, 4) is 11.1 Å². The van der Waals surface area contributed by atoms with E-state index in [-0.39, 0.29) is 29.2 Å². The number of nitro groups is 1. The van der Waals surface area contributed by atoms with Crippen LogP contribution in [-0.4, -0.2) is 33.8 Å². The van der Waals surface area contributed by atoms with Crippen molar-refractivity contribution in [3.63, 3.8) is 0 Å². The molecule has 40 heavy (non-hydrogen) atoms. The smallest absolute Gasteiger partial charge is 0.282 e. The van der Waals surface area contributed by atoms with Crippen LogP contribution in [0.25, 0.3) is 22.0 Å². The number of amides is 1. The molecule has 0 unspecified atom stereocenters. The lowest BCUT2D eigenvalue weighted by Crippen LogP contribution is -2.33. The standard InChI is InChI=1S/C26H19ClN6O6S/c27-16-6-7-21-20(12-16)23(19-5-2-9-30-25(19)34)24(32(21)14-15-8-10-29-22(28)11-15)26(35)31-40(38,39)18-4-1-3-17(13-18)33(36)37/h1-13H,14H2,(H2,28,29)(H,30,34)(H,31,35). The number of nitrogen functional groups attached to an aromatic ring is 1. The van der Waals surface area contributed by atoms with Crippen LogP contribution >= 0.6 is 11.6 Å². The molecule has 0 radical (unpaired) electrons. The second-order valence-corrected chi connectivity index (χ2v) is 10.8. The van der Waals surface area contributed by atoms with Gasteiger partial charge in [0.25, 0.3) is 27.2 Å². The van der Waals surface area contributed by atoms with E-state index in [1.54, 1.807) is 41.0 Å². The lowest BCUT2D eigenvalue weighted by molar-refractivity contribution is -0.385. The number of nitro benzene ring substituents is 1. The van der Waals surface area contributed by atoms with Crippen LogP contribution in [0.2, 0.25) is 5.02 Å². The minimum Gasteiger partial charge on any atom is -0.384 e. The highest BCUT2D eigenvalue weighted by Crippen LogP contribution is 2.36. The number of carbonyl (C=O) groups excluding carboxylic acids is 1. The van der Waals surface area contributed by atoms with E-state index < -0.39 is 37.0 Å². The third kappa shape index (κ3) is 5.02. The molecule has 202 valence electrons. The number of nitrogens with two attached hydrogens (primary N) is 1. The SMILES string of the molecule is Nc1cc(Cn2c(C(=O)NS(=O)(=O)c3cccc([N+](=O)[O-])c3)c(-c3ccc[nH]c3=O)c3cc(Cl)ccc32)ccn1. The maximum atomic E-state index is 13.9. The van der Waals surface area contributed by atoms with E-state index in [9.17, 15) is 28.1 Å². The molecule has 4 N–H and O–H groups in total. The topological polar surface area (TPSA) is 183 Å². The van der Waals surface area contributed by atoms with Gasteiger partial charge < -0.3 is 15.3 Å². The lowest BCUT2D eigenvalue weighted by atomic mass is 10.0. The van der Waals surface area contributed by atoms with Crippen molar-refractivity contribution >= 4 is 49.9 Å². The van der Waals surface area contributed by atoms with Crippen LogP contribution in [0.3, 0.4) is 0 Å². The summed E-state index contributed by atoms with van der Waals surface area (Å²) in [7, 11) is -4.57. The molecule has 0 aliphatic carbocycles. The number of aromatic amines is 1. The zero-order valence-corrected chi connectivity index (χ0v) is 21.9. The van der Waals surface area contributed by atoms with Crippen molar-refractivity contribution in [1.29, 1.82) is 0 Å². The number of fused-ring (bicyclic) bond motifs is 1. The molecule has 3 heterocycles. The van der Waals surface area contributed by atoms with Gasteiger partial charge in [0.2, 0.25) is 0 Å². The Balaban J connectivity index is 1.75. The van der Waals surface area contributed by atoms with E-state index >= 15 is 0 Å². The Bertz CT molecular complexity index is 1990. The second-order valence-electron chi connectivity index (χ2n) is 8.66. The molecule has 12 nitrogen and oxygen atoms in total. The van der Waals surface area contributed by atoms with Crippen LogP contribution in [0, 0.1) is 10.1 Å². The van der Waals surface area contributed by atoms with Gasteiger partial charge in [-0.15, -0.1) is 0 Å². The van der Waals surface area contributed by atoms with E-state index in [2.05, 4.69) is 9.97 Å². The summed E-state index contributed by atoms with van der Waals surface area (Å²) in [5.74, 6) is -0.838. The first kappa shape index (κ1) is 26.6. The highest BCUT2D eigenvalue weighted by atomic mass is 35.5. The maximum absolute atomic E-state index is 13.9. The van der Waals surface area contributed by atoms with Gasteiger partial charge in [-0.2, -0.15) is 0 Å². The average Bonchev–Trinajstić information content (AvgIpc) is 3.21. The number of hydrogen-bond donors (Lipinski definition) is 3. The summed E-state index contributed by atoms with van der Waals surface area (Å²) in [6.07, 6.45) is 2.91. The molecule has 0 aliphatic rings. The average molecular weight is 579 g/mol. The molecule has 5 rings (SSSR count). The first-order chi connectivity index (χ1) is 19.0. The maximum Gasteiger partial charge on any atom is 0.282 e. The van der Waals surface area contributed by atoms with Gasteiger partial charge in [-0.1, -0.05) is 17.7 Å². The fourth-order valence-corrected chi connectivity index (χ4v) is 5.55. The summed E-state index contributed by atoms with van der Waals surface area (Å²) in [5, 5.41) is 11.9. The molecule has 3 aromatic heterocycles. The van der Waals surface area contributed by atoms with Crippen molar-refractivity contribution in [2.24, 2.45) is 0 Å². The quantitative estimate of drug-likeness (QED) is 0.193. The van der Waals surface area contributed by atoms with E-state index in [1.165, 1.54) is 24.5 Å². The van der Waals surface area contributed by atoms with Gasteiger partial charge in [0.1, 0.15) is 11.5 Å². The zero-order chi connectivity index (χ0) is 28.6. The van der Waals surface area contributed by atoms with Gasteiger partial charge >= 0.3 is 0 Å². The number of rotatable bonds is 7. The van der Waals surface area contributed by atoms with Gasteiger partial charge in [0.05, 0.1) is 9.82 Å². The van der Waals surface area contributed by atoms with E-state index in [0.29, 0.717) is 21.5 Å². The van der Waals surface area contributed by atoms with Crippen LogP contribution in [-0.2, 0) is 16.6 Å². The molecule has 0 fully saturated rings. The number of benzene rings is 2. The Morgan fingerprint density at radius 1 is 1.12 bits per heavy atom. The number of halogens is 1.